The molecule has 1 aromatic carbocycles. The van der Waals surface area contributed by atoms with Gasteiger partial charge in [-0.25, -0.2) is 4.98 Å². The lowest BCUT2D eigenvalue weighted by Crippen LogP contribution is -2.12. The Labute approximate surface area is 128 Å². The quantitative estimate of drug-likeness (QED) is 0.825. The van der Waals surface area contributed by atoms with Crippen molar-refractivity contribution in [3.05, 3.63) is 45.7 Å². The van der Waals surface area contributed by atoms with E-state index in [1.165, 1.54) is 31.5 Å². The van der Waals surface area contributed by atoms with Gasteiger partial charge in [-0.3, -0.25) is 4.79 Å². The molecule has 1 aromatic heterocycles. The monoisotopic (exact) mass is 356 g/mol. The molecule has 7 heteroatoms. The molecule has 5 nitrogen and oxygen atoms in total. The minimum Gasteiger partial charge on any atom is -0.504 e. The molecule has 0 aliphatic rings. The molecule has 0 aliphatic carbocycles. The fraction of sp³-hybridized carbons (Fsp3) is 0.0769. The molecule has 2 aromatic rings. The lowest BCUT2D eigenvalue weighted by Gasteiger charge is -2.08. The van der Waals surface area contributed by atoms with Gasteiger partial charge in [-0.1, -0.05) is 11.6 Å². The van der Waals surface area contributed by atoms with Gasteiger partial charge in [0.2, 0.25) is 0 Å². The van der Waals surface area contributed by atoms with Gasteiger partial charge in [-0.2, -0.15) is 0 Å². The first kappa shape index (κ1) is 14.6. The molecule has 0 fully saturated rings. The van der Waals surface area contributed by atoms with Crippen LogP contribution in [0.15, 0.2) is 34.9 Å². The van der Waals surface area contributed by atoms with Gasteiger partial charge in [-0.15, -0.1) is 0 Å². The van der Waals surface area contributed by atoms with E-state index < -0.39 is 5.91 Å². The highest BCUT2D eigenvalue weighted by atomic mass is 79.9. The normalized spacial score (nSPS) is 10.2. The molecule has 0 bridgehead atoms. The zero-order valence-electron chi connectivity index (χ0n) is 10.4. The van der Waals surface area contributed by atoms with Crippen LogP contribution in [-0.2, 0) is 0 Å². The second-order valence-electron chi connectivity index (χ2n) is 3.83. The maximum Gasteiger partial charge on any atom is 0.255 e. The smallest absolute Gasteiger partial charge is 0.255 e. The van der Waals surface area contributed by atoms with Crippen LogP contribution in [0.5, 0.6) is 11.5 Å². The number of methoxy groups -OCH3 is 1. The molecule has 1 heterocycles. The van der Waals surface area contributed by atoms with E-state index in [4.69, 9.17) is 16.3 Å². The highest BCUT2D eigenvalue weighted by Crippen LogP contribution is 2.27. The molecule has 2 N–H and O–H groups in total. The van der Waals surface area contributed by atoms with Crippen LogP contribution in [0.25, 0.3) is 0 Å². The van der Waals surface area contributed by atoms with E-state index in [1.807, 2.05) is 0 Å². The molecule has 0 aliphatic heterocycles. The van der Waals surface area contributed by atoms with Gasteiger partial charge in [-0.05, 0) is 40.2 Å². The van der Waals surface area contributed by atoms with Crippen molar-refractivity contribution in [2.24, 2.45) is 0 Å². The third-order valence-electron chi connectivity index (χ3n) is 2.49. The minimum atomic E-state index is -0.412. The maximum atomic E-state index is 12.1. The summed E-state index contributed by atoms with van der Waals surface area (Å²) in [6.45, 7) is 0. The first-order valence-corrected chi connectivity index (χ1v) is 6.67. The van der Waals surface area contributed by atoms with Crippen LogP contribution in [-0.4, -0.2) is 23.1 Å². The minimum absolute atomic E-state index is 0.112. The van der Waals surface area contributed by atoms with Crippen molar-refractivity contribution in [1.29, 1.82) is 0 Å². The molecule has 2 rings (SSSR count). The third-order valence-corrected chi connectivity index (χ3v) is 3.23. The molecule has 104 valence electrons. The maximum absolute atomic E-state index is 12.1. The Balaban J connectivity index is 2.24. The molecular formula is C13H10BrClN2O3. The number of carbonyl (C=O) groups is 1. The van der Waals surface area contributed by atoms with E-state index in [0.717, 1.165) is 0 Å². The largest absolute Gasteiger partial charge is 0.504 e. The van der Waals surface area contributed by atoms with Crippen LogP contribution in [0.4, 0.5) is 5.69 Å². The summed E-state index contributed by atoms with van der Waals surface area (Å²) in [6.07, 6.45) is 1.52. The van der Waals surface area contributed by atoms with Crippen molar-refractivity contribution in [1.82, 2.24) is 4.98 Å². The van der Waals surface area contributed by atoms with Crippen LogP contribution in [0, 0.1) is 0 Å². The molecule has 0 unspecified atom stereocenters. The summed E-state index contributed by atoms with van der Waals surface area (Å²) < 4.78 is 5.60. The predicted molar refractivity (Wildman–Crippen MR) is 79.6 cm³/mol. The number of halogens is 2. The zero-order valence-corrected chi connectivity index (χ0v) is 12.7. The van der Waals surface area contributed by atoms with Gasteiger partial charge in [0.15, 0.2) is 16.7 Å². The highest BCUT2D eigenvalue weighted by molar-refractivity contribution is 9.10. The number of rotatable bonds is 3. The summed E-state index contributed by atoms with van der Waals surface area (Å²) >= 11 is 9.13. The number of hydrogen-bond acceptors (Lipinski definition) is 4. The lowest BCUT2D eigenvalue weighted by molar-refractivity contribution is 0.102. The topological polar surface area (TPSA) is 71.5 Å². The van der Waals surface area contributed by atoms with Crippen LogP contribution >= 0.6 is 27.5 Å². The van der Waals surface area contributed by atoms with Crippen LogP contribution < -0.4 is 10.1 Å². The highest BCUT2D eigenvalue weighted by Gasteiger charge is 2.12. The Hall–Kier alpha value is -1.79. The van der Waals surface area contributed by atoms with E-state index in [2.05, 4.69) is 26.2 Å². The Morgan fingerprint density at radius 3 is 2.85 bits per heavy atom. The first-order chi connectivity index (χ1) is 9.51. The summed E-state index contributed by atoms with van der Waals surface area (Å²) in [5.74, 6) is -0.230. The number of nitrogens with zero attached hydrogens (tertiary/aromatic N) is 1. The van der Waals surface area contributed by atoms with Crippen molar-refractivity contribution in [3.63, 3.8) is 0 Å². The number of aromatic hydroxyl groups is 1. The van der Waals surface area contributed by atoms with Crippen molar-refractivity contribution in [2.45, 2.75) is 0 Å². The Morgan fingerprint density at radius 2 is 2.20 bits per heavy atom. The van der Waals surface area contributed by atoms with E-state index in [-0.39, 0.29) is 16.5 Å². The molecule has 0 saturated heterocycles. The molecule has 0 atom stereocenters. The Bertz CT molecular complexity index is 664. The number of aromatic nitrogens is 1. The molecule has 0 radical (unpaired) electrons. The van der Waals surface area contributed by atoms with Crippen molar-refractivity contribution in [2.75, 3.05) is 12.4 Å². The van der Waals surface area contributed by atoms with Gasteiger partial charge in [0.25, 0.3) is 5.91 Å². The first-order valence-electron chi connectivity index (χ1n) is 5.50. The number of anilines is 1. The summed E-state index contributed by atoms with van der Waals surface area (Å²) in [4.78, 5) is 16.0. The summed E-state index contributed by atoms with van der Waals surface area (Å²) in [5, 5.41) is 12.5. The number of amides is 1. The number of phenols is 1. The van der Waals surface area contributed by atoms with E-state index in [1.54, 1.807) is 6.07 Å². The second-order valence-corrected chi connectivity index (χ2v) is 5.11. The summed E-state index contributed by atoms with van der Waals surface area (Å²) in [7, 11) is 1.43. The fourth-order valence-corrected chi connectivity index (χ4v) is 2.02. The van der Waals surface area contributed by atoms with Gasteiger partial charge >= 0.3 is 0 Å². The SMILES string of the molecule is COc1ccc(C(=O)Nc2cc(Br)cnc2Cl)cc1O. The van der Waals surface area contributed by atoms with E-state index in [9.17, 15) is 9.90 Å². The second kappa shape index (κ2) is 6.11. The van der Waals surface area contributed by atoms with Gasteiger partial charge < -0.3 is 15.2 Å². The van der Waals surface area contributed by atoms with Gasteiger partial charge in [0.1, 0.15) is 0 Å². The van der Waals surface area contributed by atoms with Gasteiger partial charge in [0, 0.05) is 16.2 Å². The standard InChI is InChI=1S/C13H10BrClN2O3/c1-20-11-3-2-7(4-10(11)18)13(19)17-9-5-8(14)6-16-12(9)15/h2-6,18H,1H3,(H,17,19). The number of carbonyl (C=O) groups excluding carboxylic acids is 1. The average molecular weight is 358 g/mol. The van der Waals surface area contributed by atoms with E-state index in [0.29, 0.717) is 15.9 Å². The molecule has 0 saturated carbocycles. The zero-order chi connectivity index (χ0) is 14.7. The Morgan fingerprint density at radius 1 is 1.45 bits per heavy atom. The lowest BCUT2D eigenvalue weighted by atomic mass is 10.2. The Kier molecular flexibility index (Phi) is 4.46. The molecule has 1 amide bonds. The number of nitrogens with one attached hydrogen (secondary N) is 1. The fourth-order valence-electron chi connectivity index (χ4n) is 1.54. The number of ether oxygens (including phenoxy) is 1. The van der Waals surface area contributed by atoms with Crippen molar-refractivity contribution in [3.8, 4) is 11.5 Å². The molecular weight excluding hydrogens is 348 g/mol. The van der Waals surface area contributed by atoms with Crippen molar-refractivity contribution < 1.29 is 14.6 Å². The summed E-state index contributed by atoms with van der Waals surface area (Å²) in [5.41, 5.74) is 0.653. The predicted octanol–water partition coefficient (Wildman–Crippen LogP) is 3.46. The van der Waals surface area contributed by atoms with Crippen LogP contribution in [0.3, 0.4) is 0 Å². The van der Waals surface area contributed by atoms with Crippen LogP contribution in [0.1, 0.15) is 10.4 Å². The van der Waals surface area contributed by atoms with Gasteiger partial charge in [0.05, 0.1) is 12.8 Å². The van der Waals surface area contributed by atoms with Crippen LogP contribution in [0.2, 0.25) is 5.15 Å². The molecule has 0 spiro atoms. The number of benzene rings is 1. The average Bonchev–Trinajstić information content (AvgIpc) is 2.42. The molecule has 20 heavy (non-hydrogen) atoms. The number of hydrogen-bond donors (Lipinski definition) is 2. The van der Waals surface area contributed by atoms with E-state index >= 15 is 0 Å². The third kappa shape index (κ3) is 3.20. The van der Waals surface area contributed by atoms with Crippen molar-refractivity contribution >= 4 is 39.1 Å². The summed E-state index contributed by atoms with van der Waals surface area (Å²) in [6, 6.07) is 5.99. The number of pyridine rings is 1. The number of phenolic OH excluding ortho intramolecular Hbond substituents is 1.